The summed E-state index contributed by atoms with van der Waals surface area (Å²) in [4.78, 5) is 6.79. The maximum absolute atomic E-state index is 6.08. The van der Waals surface area contributed by atoms with Crippen molar-refractivity contribution < 1.29 is 4.74 Å². The van der Waals surface area contributed by atoms with Crippen LogP contribution in [-0.4, -0.2) is 43.2 Å². The fraction of sp³-hybridized carbons (Fsp3) is 0.933. The Bertz CT molecular complexity index is 267. The monoisotopic (exact) mass is 267 g/mol. The van der Waals surface area contributed by atoms with Crippen molar-refractivity contribution in [1.29, 1.82) is 0 Å². The molecule has 2 N–H and O–H groups in total. The fourth-order valence-corrected chi connectivity index (χ4v) is 2.95. The first-order valence-corrected chi connectivity index (χ1v) is 8.03. The van der Waals surface area contributed by atoms with E-state index in [0.717, 1.165) is 45.0 Å². The van der Waals surface area contributed by atoms with Crippen molar-refractivity contribution in [3.8, 4) is 0 Å². The van der Waals surface area contributed by atoms with Gasteiger partial charge in [0, 0.05) is 26.2 Å². The Hall–Kier alpha value is -0.770. The minimum atomic E-state index is 0.475. The summed E-state index contributed by atoms with van der Waals surface area (Å²) in [5.74, 6) is 0.756. The summed E-state index contributed by atoms with van der Waals surface area (Å²) in [6, 6.07) is 0. The number of aliphatic imine (C=N–C) groups is 1. The highest BCUT2D eigenvalue weighted by Crippen LogP contribution is 2.16. The van der Waals surface area contributed by atoms with Crippen molar-refractivity contribution in [2.75, 3.05) is 26.2 Å². The van der Waals surface area contributed by atoms with Crippen LogP contribution in [0.5, 0.6) is 0 Å². The van der Waals surface area contributed by atoms with E-state index < -0.39 is 0 Å². The minimum Gasteiger partial charge on any atom is -0.378 e. The quantitative estimate of drug-likeness (QED) is 0.484. The van der Waals surface area contributed by atoms with Crippen LogP contribution in [0.3, 0.4) is 0 Å². The lowest BCUT2D eigenvalue weighted by molar-refractivity contribution is 0.0105. The summed E-state index contributed by atoms with van der Waals surface area (Å²) in [7, 11) is 0. The van der Waals surface area contributed by atoms with Crippen molar-refractivity contribution in [2.24, 2.45) is 10.7 Å². The Morgan fingerprint density at radius 1 is 1.11 bits per heavy atom. The Morgan fingerprint density at radius 2 is 1.89 bits per heavy atom. The van der Waals surface area contributed by atoms with Crippen LogP contribution >= 0.6 is 0 Å². The Labute approximate surface area is 117 Å². The van der Waals surface area contributed by atoms with Crippen LogP contribution in [0.15, 0.2) is 4.99 Å². The number of hydrogen-bond donors (Lipinski definition) is 1. The highest BCUT2D eigenvalue weighted by atomic mass is 16.5. The molecular weight excluding hydrogens is 238 g/mol. The van der Waals surface area contributed by atoms with Crippen LogP contribution < -0.4 is 5.73 Å². The first-order chi connectivity index (χ1) is 9.36. The predicted molar refractivity (Wildman–Crippen MR) is 79.4 cm³/mol. The summed E-state index contributed by atoms with van der Waals surface area (Å²) in [6.45, 7) is 3.97. The molecule has 0 aliphatic carbocycles. The van der Waals surface area contributed by atoms with E-state index in [2.05, 4.69) is 9.89 Å². The van der Waals surface area contributed by atoms with E-state index >= 15 is 0 Å². The van der Waals surface area contributed by atoms with Crippen molar-refractivity contribution in [2.45, 2.75) is 63.9 Å². The van der Waals surface area contributed by atoms with E-state index in [1.807, 2.05) is 0 Å². The molecule has 2 saturated heterocycles. The molecule has 110 valence electrons. The molecule has 1 atom stereocenters. The number of nitrogens with zero attached hydrogens (tertiary/aromatic N) is 2. The number of rotatable bonds is 4. The van der Waals surface area contributed by atoms with Gasteiger partial charge in [-0.25, -0.2) is 0 Å². The highest BCUT2D eigenvalue weighted by molar-refractivity contribution is 5.78. The second kappa shape index (κ2) is 8.41. The summed E-state index contributed by atoms with van der Waals surface area (Å²) in [6.07, 6.45) is 11.7. The maximum Gasteiger partial charge on any atom is 0.191 e. The number of nitrogens with two attached hydrogens (primary N) is 1. The molecular formula is C15H29N3O. The van der Waals surface area contributed by atoms with Crippen LogP contribution in [0.4, 0.5) is 0 Å². The van der Waals surface area contributed by atoms with Crippen LogP contribution in [0.1, 0.15) is 57.8 Å². The van der Waals surface area contributed by atoms with Crippen molar-refractivity contribution in [3.05, 3.63) is 0 Å². The van der Waals surface area contributed by atoms with E-state index in [1.54, 1.807) is 0 Å². The van der Waals surface area contributed by atoms with Crippen LogP contribution in [-0.2, 0) is 4.74 Å². The SMILES string of the molecule is NC(=NCCCC1CCCCO1)N1CCCCCC1. The largest absolute Gasteiger partial charge is 0.378 e. The van der Waals surface area contributed by atoms with Crippen LogP contribution in [0, 0.1) is 0 Å². The molecule has 2 aliphatic rings. The second-order valence-corrected chi connectivity index (χ2v) is 5.77. The molecule has 0 amide bonds. The molecule has 19 heavy (non-hydrogen) atoms. The molecule has 0 saturated carbocycles. The van der Waals surface area contributed by atoms with Gasteiger partial charge in [-0.2, -0.15) is 0 Å². The van der Waals surface area contributed by atoms with Gasteiger partial charge in [0.2, 0.25) is 0 Å². The van der Waals surface area contributed by atoms with E-state index in [-0.39, 0.29) is 0 Å². The molecule has 0 spiro atoms. The lowest BCUT2D eigenvalue weighted by Crippen LogP contribution is -2.38. The number of guanidine groups is 1. The molecule has 2 aliphatic heterocycles. The molecule has 2 rings (SSSR count). The van der Waals surface area contributed by atoms with E-state index in [0.29, 0.717) is 6.10 Å². The lowest BCUT2D eigenvalue weighted by atomic mass is 10.1. The lowest BCUT2D eigenvalue weighted by Gasteiger charge is -2.23. The van der Waals surface area contributed by atoms with E-state index in [1.165, 1.54) is 44.9 Å². The van der Waals surface area contributed by atoms with Gasteiger partial charge < -0.3 is 15.4 Å². The first kappa shape index (κ1) is 14.6. The summed E-state index contributed by atoms with van der Waals surface area (Å²) < 4.78 is 5.73. The standard InChI is InChI=1S/C15H29N3O/c16-15(18-11-4-1-2-5-12-18)17-10-7-9-14-8-3-6-13-19-14/h14H,1-13H2,(H2,16,17). The smallest absolute Gasteiger partial charge is 0.191 e. The zero-order valence-electron chi connectivity index (χ0n) is 12.1. The normalized spacial score (nSPS) is 26.2. The first-order valence-electron chi connectivity index (χ1n) is 8.03. The number of ether oxygens (including phenoxy) is 1. The third-order valence-electron chi connectivity index (χ3n) is 4.16. The second-order valence-electron chi connectivity index (χ2n) is 5.77. The highest BCUT2D eigenvalue weighted by Gasteiger charge is 2.13. The van der Waals surface area contributed by atoms with Crippen LogP contribution in [0.2, 0.25) is 0 Å². The molecule has 2 heterocycles. The molecule has 0 bridgehead atoms. The van der Waals surface area contributed by atoms with E-state index in [9.17, 15) is 0 Å². The molecule has 1 unspecified atom stereocenters. The Kier molecular flexibility index (Phi) is 6.48. The summed E-state index contributed by atoms with van der Waals surface area (Å²) in [5.41, 5.74) is 6.08. The molecule has 0 aromatic rings. The minimum absolute atomic E-state index is 0.475. The molecule has 4 heteroatoms. The topological polar surface area (TPSA) is 50.9 Å². The number of likely N-dealkylation sites (tertiary alicyclic amines) is 1. The molecule has 2 fully saturated rings. The van der Waals surface area contributed by atoms with Gasteiger partial charge in [-0.3, -0.25) is 4.99 Å². The number of hydrogen-bond acceptors (Lipinski definition) is 2. The van der Waals surface area contributed by atoms with Crippen molar-refractivity contribution >= 4 is 5.96 Å². The van der Waals surface area contributed by atoms with Gasteiger partial charge in [-0.15, -0.1) is 0 Å². The molecule has 0 radical (unpaired) electrons. The van der Waals surface area contributed by atoms with Gasteiger partial charge in [0.15, 0.2) is 5.96 Å². The fourth-order valence-electron chi connectivity index (χ4n) is 2.95. The summed E-state index contributed by atoms with van der Waals surface area (Å²) in [5, 5.41) is 0. The third kappa shape index (κ3) is 5.39. The van der Waals surface area contributed by atoms with Gasteiger partial charge >= 0.3 is 0 Å². The maximum atomic E-state index is 6.08. The van der Waals surface area contributed by atoms with Gasteiger partial charge in [-0.1, -0.05) is 12.8 Å². The van der Waals surface area contributed by atoms with Gasteiger partial charge in [-0.05, 0) is 44.9 Å². The Balaban J connectivity index is 1.63. The molecule has 4 nitrogen and oxygen atoms in total. The van der Waals surface area contributed by atoms with Crippen molar-refractivity contribution in [1.82, 2.24) is 4.90 Å². The Morgan fingerprint density at radius 3 is 2.58 bits per heavy atom. The zero-order chi connectivity index (χ0) is 13.3. The summed E-state index contributed by atoms with van der Waals surface area (Å²) >= 11 is 0. The van der Waals surface area contributed by atoms with Crippen molar-refractivity contribution in [3.63, 3.8) is 0 Å². The predicted octanol–water partition coefficient (Wildman–Crippen LogP) is 2.53. The van der Waals surface area contributed by atoms with Gasteiger partial charge in [0.05, 0.1) is 6.10 Å². The van der Waals surface area contributed by atoms with Gasteiger partial charge in [0.25, 0.3) is 0 Å². The zero-order valence-corrected chi connectivity index (χ0v) is 12.1. The van der Waals surface area contributed by atoms with Crippen LogP contribution in [0.25, 0.3) is 0 Å². The van der Waals surface area contributed by atoms with E-state index in [4.69, 9.17) is 10.5 Å². The van der Waals surface area contributed by atoms with Gasteiger partial charge in [0.1, 0.15) is 0 Å². The average molecular weight is 267 g/mol. The average Bonchev–Trinajstić information content (AvgIpc) is 2.73. The third-order valence-corrected chi connectivity index (χ3v) is 4.16. The molecule has 0 aromatic carbocycles. The molecule has 0 aromatic heterocycles.